The molecule has 2 rings (SSSR count). The van der Waals surface area contributed by atoms with Gasteiger partial charge in [0, 0.05) is 31.0 Å². The van der Waals surface area contributed by atoms with Gasteiger partial charge in [0.05, 0.1) is 12.5 Å². The van der Waals surface area contributed by atoms with Gasteiger partial charge in [0.15, 0.2) is 0 Å². The van der Waals surface area contributed by atoms with Crippen molar-refractivity contribution in [3.63, 3.8) is 0 Å². The highest BCUT2D eigenvalue weighted by Gasteiger charge is 2.32. The van der Waals surface area contributed by atoms with Gasteiger partial charge in [0.25, 0.3) is 0 Å². The van der Waals surface area contributed by atoms with Crippen molar-refractivity contribution in [3.8, 4) is 5.75 Å². The van der Waals surface area contributed by atoms with Gasteiger partial charge >= 0.3 is 0 Å². The quantitative estimate of drug-likeness (QED) is 0.916. The molecule has 0 radical (unpaired) electrons. The molecule has 0 fully saturated rings. The molecule has 0 aliphatic heterocycles. The molecule has 0 atom stereocenters. The van der Waals surface area contributed by atoms with E-state index in [9.17, 15) is 4.79 Å². The van der Waals surface area contributed by atoms with Crippen LogP contribution in [0.1, 0.15) is 19.4 Å². The van der Waals surface area contributed by atoms with E-state index in [1.807, 2.05) is 81.4 Å². The van der Waals surface area contributed by atoms with Crippen LogP contribution in [0.15, 0.2) is 48.5 Å². The topological polar surface area (TPSA) is 41.6 Å². The lowest BCUT2D eigenvalue weighted by molar-refractivity contribution is -0.120. The van der Waals surface area contributed by atoms with E-state index in [1.165, 1.54) is 0 Å². The van der Waals surface area contributed by atoms with Crippen molar-refractivity contribution >= 4 is 17.3 Å². The summed E-state index contributed by atoms with van der Waals surface area (Å²) in [4.78, 5) is 14.8. The first kappa shape index (κ1) is 16.9. The van der Waals surface area contributed by atoms with E-state index < -0.39 is 5.41 Å². The predicted octanol–water partition coefficient (Wildman–Crippen LogP) is 3.68. The minimum atomic E-state index is -0.708. The van der Waals surface area contributed by atoms with Gasteiger partial charge in [-0.05, 0) is 38.1 Å². The summed E-state index contributed by atoms with van der Waals surface area (Å²) in [6, 6.07) is 15.4. The smallest absolute Gasteiger partial charge is 0.234 e. The molecule has 0 saturated heterocycles. The second-order valence-corrected chi connectivity index (χ2v) is 6.22. The van der Waals surface area contributed by atoms with E-state index in [2.05, 4.69) is 5.32 Å². The first-order valence-corrected chi connectivity index (χ1v) is 7.58. The van der Waals surface area contributed by atoms with Crippen LogP contribution in [0.2, 0.25) is 0 Å². The maximum Gasteiger partial charge on any atom is 0.234 e. The van der Waals surface area contributed by atoms with Gasteiger partial charge < -0.3 is 15.0 Å². The van der Waals surface area contributed by atoms with Crippen LogP contribution >= 0.6 is 0 Å². The van der Waals surface area contributed by atoms with Crippen LogP contribution in [0.4, 0.5) is 11.4 Å². The van der Waals surface area contributed by atoms with Gasteiger partial charge in [-0.1, -0.05) is 24.3 Å². The second-order valence-electron chi connectivity index (χ2n) is 6.22. The molecule has 122 valence electrons. The summed E-state index contributed by atoms with van der Waals surface area (Å²) in [5.74, 6) is 0.646. The predicted molar refractivity (Wildman–Crippen MR) is 95.4 cm³/mol. The summed E-state index contributed by atoms with van der Waals surface area (Å²) in [6.45, 7) is 3.80. The van der Waals surface area contributed by atoms with Crippen LogP contribution in [0, 0.1) is 0 Å². The highest BCUT2D eigenvalue weighted by Crippen LogP contribution is 2.32. The Morgan fingerprint density at radius 3 is 2.43 bits per heavy atom. The lowest BCUT2D eigenvalue weighted by Crippen LogP contribution is -2.35. The molecule has 2 aromatic carbocycles. The number of rotatable bonds is 5. The number of amides is 1. The van der Waals surface area contributed by atoms with E-state index in [1.54, 1.807) is 7.11 Å². The summed E-state index contributed by atoms with van der Waals surface area (Å²) in [6.07, 6.45) is 0. The Morgan fingerprint density at radius 2 is 1.78 bits per heavy atom. The zero-order valence-corrected chi connectivity index (χ0v) is 14.4. The van der Waals surface area contributed by atoms with E-state index in [4.69, 9.17) is 4.74 Å². The van der Waals surface area contributed by atoms with Crippen LogP contribution in [-0.2, 0) is 10.2 Å². The van der Waals surface area contributed by atoms with Crippen LogP contribution in [-0.4, -0.2) is 27.1 Å². The molecule has 0 saturated carbocycles. The van der Waals surface area contributed by atoms with Gasteiger partial charge in [-0.2, -0.15) is 0 Å². The average Bonchev–Trinajstić information content (AvgIpc) is 2.54. The fraction of sp³-hybridized carbons (Fsp3) is 0.316. The number of methoxy groups -OCH3 is 1. The number of anilines is 2. The first-order valence-electron chi connectivity index (χ1n) is 7.58. The SMILES string of the molecule is COc1ccccc1C(C)(C)C(=O)Nc1cccc(N(C)C)c1. The Kier molecular flexibility index (Phi) is 4.94. The number of hydrogen-bond donors (Lipinski definition) is 1. The standard InChI is InChI=1S/C19H24N2O2/c1-19(2,16-11-6-7-12-17(16)23-5)18(22)20-14-9-8-10-15(13-14)21(3)4/h6-13H,1-5H3,(H,20,22). The number of hydrogen-bond acceptors (Lipinski definition) is 3. The molecule has 1 amide bonds. The van der Waals surface area contributed by atoms with E-state index in [0.717, 1.165) is 22.7 Å². The fourth-order valence-electron chi connectivity index (χ4n) is 2.43. The van der Waals surface area contributed by atoms with E-state index in [0.29, 0.717) is 0 Å². The lowest BCUT2D eigenvalue weighted by atomic mass is 9.83. The molecule has 4 nitrogen and oxygen atoms in total. The van der Waals surface area contributed by atoms with Gasteiger partial charge in [0.2, 0.25) is 5.91 Å². The van der Waals surface area contributed by atoms with Crippen LogP contribution in [0.3, 0.4) is 0 Å². The molecule has 2 aromatic rings. The molecular formula is C19H24N2O2. The Hall–Kier alpha value is -2.49. The maximum absolute atomic E-state index is 12.8. The Morgan fingerprint density at radius 1 is 1.09 bits per heavy atom. The zero-order valence-electron chi connectivity index (χ0n) is 14.4. The lowest BCUT2D eigenvalue weighted by Gasteiger charge is -2.26. The van der Waals surface area contributed by atoms with Crippen molar-refractivity contribution < 1.29 is 9.53 Å². The Balaban J connectivity index is 2.27. The van der Waals surface area contributed by atoms with E-state index >= 15 is 0 Å². The number of nitrogens with zero attached hydrogens (tertiary/aromatic N) is 1. The molecular weight excluding hydrogens is 288 g/mol. The van der Waals surface area contributed by atoms with Crippen molar-refractivity contribution in [1.29, 1.82) is 0 Å². The number of carbonyl (C=O) groups is 1. The average molecular weight is 312 g/mol. The van der Waals surface area contributed by atoms with Crippen molar-refractivity contribution in [2.75, 3.05) is 31.4 Å². The molecule has 1 N–H and O–H groups in total. The summed E-state index contributed by atoms with van der Waals surface area (Å²) in [5, 5.41) is 3.01. The van der Waals surface area contributed by atoms with Crippen molar-refractivity contribution in [3.05, 3.63) is 54.1 Å². The molecule has 0 bridgehead atoms. The summed E-state index contributed by atoms with van der Waals surface area (Å²) < 4.78 is 5.40. The monoisotopic (exact) mass is 312 g/mol. The van der Waals surface area contributed by atoms with Gasteiger partial charge in [-0.15, -0.1) is 0 Å². The number of ether oxygens (including phenoxy) is 1. The minimum Gasteiger partial charge on any atom is -0.496 e. The van der Waals surface area contributed by atoms with Crippen LogP contribution < -0.4 is 15.0 Å². The highest BCUT2D eigenvalue weighted by molar-refractivity contribution is 5.99. The fourth-order valence-corrected chi connectivity index (χ4v) is 2.43. The number of benzene rings is 2. The molecule has 0 aliphatic carbocycles. The second kappa shape index (κ2) is 6.73. The third kappa shape index (κ3) is 3.65. The summed E-state index contributed by atoms with van der Waals surface area (Å²) in [7, 11) is 5.56. The molecule has 0 spiro atoms. The molecule has 4 heteroatoms. The van der Waals surface area contributed by atoms with E-state index in [-0.39, 0.29) is 5.91 Å². The molecule has 0 unspecified atom stereocenters. The maximum atomic E-state index is 12.8. The van der Waals surface area contributed by atoms with Gasteiger partial charge in [0.1, 0.15) is 5.75 Å². The minimum absolute atomic E-state index is 0.0714. The number of para-hydroxylation sites is 1. The largest absolute Gasteiger partial charge is 0.496 e. The number of nitrogens with one attached hydrogen (secondary N) is 1. The highest BCUT2D eigenvalue weighted by atomic mass is 16.5. The molecule has 23 heavy (non-hydrogen) atoms. The molecule has 0 aliphatic rings. The normalized spacial score (nSPS) is 11.0. The third-order valence-electron chi connectivity index (χ3n) is 3.97. The Bertz CT molecular complexity index is 693. The Labute approximate surface area is 138 Å². The third-order valence-corrected chi connectivity index (χ3v) is 3.97. The molecule has 0 heterocycles. The molecule has 0 aromatic heterocycles. The summed E-state index contributed by atoms with van der Waals surface area (Å²) in [5.41, 5.74) is 1.98. The van der Waals surface area contributed by atoms with Crippen molar-refractivity contribution in [1.82, 2.24) is 0 Å². The summed E-state index contributed by atoms with van der Waals surface area (Å²) >= 11 is 0. The van der Waals surface area contributed by atoms with Gasteiger partial charge in [-0.3, -0.25) is 4.79 Å². The van der Waals surface area contributed by atoms with Crippen LogP contribution in [0.25, 0.3) is 0 Å². The first-order chi connectivity index (χ1) is 10.9. The zero-order chi connectivity index (χ0) is 17.0. The van der Waals surface area contributed by atoms with Crippen molar-refractivity contribution in [2.24, 2.45) is 0 Å². The van der Waals surface area contributed by atoms with Crippen molar-refractivity contribution in [2.45, 2.75) is 19.3 Å². The number of carbonyl (C=O) groups excluding carboxylic acids is 1. The van der Waals surface area contributed by atoms with Crippen LogP contribution in [0.5, 0.6) is 5.75 Å². The van der Waals surface area contributed by atoms with Gasteiger partial charge in [-0.25, -0.2) is 0 Å².